The number of halogens is 6. The average Bonchev–Trinajstić information content (AvgIpc) is 3.02. The summed E-state index contributed by atoms with van der Waals surface area (Å²) < 4.78 is 65.8. The first-order chi connectivity index (χ1) is 21.5. The number of nitrogens with one attached hydrogen (secondary N) is 1. The van der Waals surface area contributed by atoms with Crippen molar-refractivity contribution in [3.05, 3.63) is 116 Å². The summed E-state index contributed by atoms with van der Waals surface area (Å²) in [5.41, 5.74) is -0.585. The molecule has 0 atom stereocenters. The second kappa shape index (κ2) is 13.1. The molecular formula is C31H20BrClF4N4O4. The van der Waals surface area contributed by atoms with Gasteiger partial charge in [-0.1, -0.05) is 35.9 Å². The zero-order valence-corrected chi connectivity index (χ0v) is 25.4. The van der Waals surface area contributed by atoms with Gasteiger partial charge in [0.15, 0.2) is 23.9 Å². The summed E-state index contributed by atoms with van der Waals surface area (Å²) in [4.78, 5) is 30.3. The Morgan fingerprint density at radius 3 is 2.53 bits per heavy atom. The number of benzene rings is 4. The molecule has 1 N–H and O–H groups in total. The van der Waals surface area contributed by atoms with Gasteiger partial charge in [-0.05, 0) is 70.5 Å². The monoisotopic (exact) mass is 702 g/mol. The van der Waals surface area contributed by atoms with Crippen LogP contribution in [0.3, 0.4) is 0 Å². The van der Waals surface area contributed by atoms with Crippen LogP contribution in [0.2, 0.25) is 5.02 Å². The SMILES string of the molecule is COc1cc(C=Nn2c(-c3cccc(C(F)(F)F)c3)nc3ccccc3c2=O)c(Br)c(Cl)c1OCC(=O)Nc1ccc(F)cc1. The van der Waals surface area contributed by atoms with Gasteiger partial charge in [-0.2, -0.15) is 22.9 Å². The number of fused-ring (bicyclic) bond motifs is 1. The summed E-state index contributed by atoms with van der Waals surface area (Å²) in [6.45, 7) is -0.466. The summed E-state index contributed by atoms with van der Waals surface area (Å²) in [6.07, 6.45) is -3.37. The minimum atomic E-state index is -4.62. The van der Waals surface area contributed by atoms with Crippen LogP contribution in [-0.4, -0.2) is 35.5 Å². The summed E-state index contributed by atoms with van der Waals surface area (Å²) in [6, 6.07) is 17.4. The third-order valence-corrected chi connectivity index (χ3v) is 7.81. The molecule has 0 unspecified atom stereocenters. The van der Waals surface area contributed by atoms with Crippen molar-refractivity contribution in [1.29, 1.82) is 0 Å². The normalized spacial score (nSPS) is 11.6. The van der Waals surface area contributed by atoms with Gasteiger partial charge in [0.1, 0.15) is 10.8 Å². The van der Waals surface area contributed by atoms with E-state index in [1.807, 2.05) is 0 Å². The van der Waals surface area contributed by atoms with Crippen molar-refractivity contribution >= 4 is 56.2 Å². The Morgan fingerprint density at radius 1 is 1.09 bits per heavy atom. The number of ether oxygens (including phenoxy) is 2. The molecule has 0 spiro atoms. The van der Waals surface area contributed by atoms with E-state index < -0.39 is 35.6 Å². The first kappa shape index (κ1) is 31.7. The van der Waals surface area contributed by atoms with Gasteiger partial charge in [-0.15, -0.1) is 0 Å². The molecule has 230 valence electrons. The van der Waals surface area contributed by atoms with Crippen LogP contribution in [0.4, 0.5) is 23.2 Å². The van der Waals surface area contributed by atoms with Crippen LogP contribution in [0.25, 0.3) is 22.3 Å². The molecule has 1 aromatic heterocycles. The van der Waals surface area contributed by atoms with E-state index >= 15 is 0 Å². The number of carbonyl (C=O) groups is 1. The molecule has 1 heterocycles. The number of alkyl halides is 3. The first-order valence-electron chi connectivity index (χ1n) is 12.9. The number of nitrogens with zero attached hydrogens (tertiary/aromatic N) is 3. The molecule has 1 amide bonds. The number of anilines is 1. The fourth-order valence-electron chi connectivity index (χ4n) is 4.22. The molecule has 0 aliphatic heterocycles. The van der Waals surface area contributed by atoms with Gasteiger partial charge in [0.2, 0.25) is 0 Å². The van der Waals surface area contributed by atoms with Crippen LogP contribution < -0.4 is 20.3 Å². The predicted octanol–water partition coefficient (Wildman–Crippen LogP) is 7.55. The number of para-hydroxylation sites is 1. The fraction of sp³-hybridized carbons (Fsp3) is 0.0968. The molecule has 0 fully saturated rings. The Labute approximate surface area is 266 Å². The van der Waals surface area contributed by atoms with Gasteiger partial charge in [0.05, 0.1) is 29.8 Å². The molecule has 14 heteroatoms. The highest BCUT2D eigenvalue weighted by molar-refractivity contribution is 9.10. The highest BCUT2D eigenvalue weighted by atomic mass is 79.9. The van der Waals surface area contributed by atoms with Crippen LogP contribution >= 0.6 is 27.5 Å². The van der Waals surface area contributed by atoms with Crippen molar-refractivity contribution < 1.29 is 31.8 Å². The van der Waals surface area contributed by atoms with Gasteiger partial charge in [-0.3, -0.25) is 9.59 Å². The van der Waals surface area contributed by atoms with Gasteiger partial charge in [-0.25, -0.2) is 9.37 Å². The van der Waals surface area contributed by atoms with E-state index in [0.29, 0.717) is 11.3 Å². The predicted molar refractivity (Wildman–Crippen MR) is 166 cm³/mol. The van der Waals surface area contributed by atoms with Crippen LogP contribution in [0.15, 0.2) is 93.2 Å². The minimum absolute atomic E-state index is 0.00691. The van der Waals surface area contributed by atoms with Gasteiger partial charge < -0.3 is 14.8 Å². The number of carbonyl (C=O) groups excluding carboxylic acids is 1. The molecule has 8 nitrogen and oxygen atoms in total. The number of rotatable bonds is 8. The Balaban J connectivity index is 1.50. The molecule has 45 heavy (non-hydrogen) atoms. The summed E-state index contributed by atoms with van der Waals surface area (Å²) in [5.74, 6) is -0.995. The number of hydrogen-bond donors (Lipinski definition) is 1. The standard InChI is InChI=1S/C31H20BrClF4N4O4/c1-44-24-14-18(26(32)27(33)28(24)45-16-25(42)39-21-11-9-20(34)10-12-21)15-38-41-29(17-5-4-6-19(13-17)31(35,36)37)40-23-8-3-2-7-22(23)30(41)43/h2-15H,16H2,1H3,(H,39,42). The number of hydrogen-bond acceptors (Lipinski definition) is 6. The second-order valence-electron chi connectivity index (χ2n) is 9.36. The molecule has 0 bridgehead atoms. The summed E-state index contributed by atoms with van der Waals surface area (Å²) in [5, 5.41) is 7.05. The quantitative estimate of drug-likeness (QED) is 0.133. The van der Waals surface area contributed by atoms with Crippen LogP contribution in [0.1, 0.15) is 11.1 Å². The molecular weight excluding hydrogens is 684 g/mol. The number of aromatic nitrogens is 2. The molecule has 5 aromatic rings. The molecule has 0 saturated heterocycles. The third kappa shape index (κ3) is 6.99. The maximum Gasteiger partial charge on any atom is 0.416 e. The Morgan fingerprint density at radius 2 is 1.82 bits per heavy atom. The van der Waals surface area contributed by atoms with Crippen molar-refractivity contribution in [2.24, 2.45) is 5.10 Å². The van der Waals surface area contributed by atoms with E-state index in [1.54, 1.807) is 18.2 Å². The second-order valence-corrected chi connectivity index (χ2v) is 10.5. The first-order valence-corrected chi connectivity index (χ1v) is 14.1. The van der Waals surface area contributed by atoms with Crippen LogP contribution in [0.5, 0.6) is 11.5 Å². The van der Waals surface area contributed by atoms with Gasteiger partial charge in [0, 0.05) is 21.3 Å². The van der Waals surface area contributed by atoms with Crippen molar-refractivity contribution in [1.82, 2.24) is 9.66 Å². The van der Waals surface area contributed by atoms with Crippen LogP contribution in [0, 0.1) is 5.82 Å². The van der Waals surface area contributed by atoms with Crippen molar-refractivity contribution in [2.75, 3.05) is 19.0 Å². The maximum absolute atomic E-state index is 13.5. The third-order valence-electron chi connectivity index (χ3n) is 6.37. The molecule has 0 aliphatic carbocycles. The fourth-order valence-corrected chi connectivity index (χ4v) is 4.88. The Hall–Kier alpha value is -4.75. The maximum atomic E-state index is 13.5. The van der Waals surface area contributed by atoms with E-state index in [2.05, 4.69) is 31.3 Å². The number of methoxy groups -OCH3 is 1. The minimum Gasteiger partial charge on any atom is -0.493 e. The van der Waals surface area contributed by atoms with Crippen molar-refractivity contribution in [3.8, 4) is 22.9 Å². The lowest BCUT2D eigenvalue weighted by molar-refractivity contribution is -0.137. The lowest BCUT2D eigenvalue weighted by atomic mass is 10.1. The number of amides is 1. The smallest absolute Gasteiger partial charge is 0.416 e. The van der Waals surface area contributed by atoms with E-state index in [1.165, 1.54) is 61.9 Å². The molecule has 5 rings (SSSR count). The molecule has 0 saturated carbocycles. The lowest BCUT2D eigenvalue weighted by Gasteiger charge is -2.15. The van der Waals surface area contributed by atoms with Crippen molar-refractivity contribution in [3.63, 3.8) is 0 Å². The molecule has 4 aromatic carbocycles. The molecule has 0 radical (unpaired) electrons. The summed E-state index contributed by atoms with van der Waals surface area (Å²) in [7, 11) is 1.34. The molecule has 0 aliphatic rings. The lowest BCUT2D eigenvalue weighted by Crippen LogP contribution is -2.21. The Bertz CT molecular complexity index is 2000. The van der Waals surface area contributed by atoms with Gasteiger partial charge >= 0.3 is 6.18 Å². The van der Waals surface area contributed by atoms with E-state index in [9.17, 15) is 27.2 Å². The Kier molecular flexibility index (Phi) is 9.21. The topological polar surface area (TPSA) is 94.8 Å². The van der Waals surface area contributed by atoms with E-state index in [4.69, 9.17) is 21.1 Å². The zero-order chi connectivity index (χ0) is 32.3. The largest absolute Gasteiger partial charge is 0.493 e. The van der Waals surface area contributed by atoms with Crippen LogP contribution in [-0.2, 0) is 11.0 Å². The average molecular weight is 704 g/mol. The van der Waals surface area contributed by atoms with E-state index in [-0.39, 0.29) is 43.3 Å². The summed E-state index contributed by atoms with van der Waals surface area (Å²) >= 11 is 9.91. The highest BCUT2D eigenvalue weighted by Gasteiger charge is 2.31. The van der Waals surface area contributed by atoms with E-state index in [0.717, 1.165) is 16.8 Å². The van der Waals surface area contributed by atoms with Gasteiger partial charge in [0.25, 0.3) is 11.5 Å². The van der Waals surface area contributed by atoms with Crippen molar-refractivity contribution in [2.45, 2.75) is 6.18 Å². The zero-order valence-electron chi connectivity index (χ0n) is 23.0. The highest BCUT2D eigenvalue weighted by Crippen LogP contribution is 2.42.